The molecular formula is C12H24N2O4S. The van der Waals surface area contributed by atoms with Crippen LogP contribution in [0.1, 0.15) is 27.2 Å². The number of hydrogen-bond acceptors (Lipinski definition) is 6. The Bertz CT molecular complexity index is 405. The minimum atomic E-state index is -2.88. The van der Waals surface area contributed by atoms with E-state index in [1.54, 1.807) is 13.8 Å². The predicted molar refractivity (Wildman–Crippen MR) is 73.5 cm³/mol. The first-order valence-corrected chi connectivity index (χ1v) is 8.40. The lowest BCUT2D eigenvalue weighted by Gasteiger charge is -2.35. The van der Waals surface area contributed by atoms with Gasteiger partial charge in [0.15, 0.2) is 9.84 Å². The lowest BCUT2D eigenvalue weighted by atomic mass is 9.94. The molecule has 0 aliphatic carbocycles. The molecule has 2 N–H and O–H groups in total. The summed E-state index contributed by atoms with van der Waals surface area (Å²) in [7, 11) is -2.88. The molecular weight excluding hydrogens is 268 g/mol. The van der Waals surface area contributed by atoms with Crippen molar-refractivity contribution >= 4 is 15.8 Å². The zero-order valence-electron chi connectivity index (χ0n) is 11.9. The molecule has 1 saturated heterocycles. The Hall–Kier alpha value is -0.660. The molecule has 0 aromatic rings. The lowest BCUT2D eigenvalue weighted by molar-refractivity contribution is -0.149. The van der Waals surface area contributed by atoms with E-state index in [1.165, 1.54) is 0 Å². The van der Waals surface area contributed by atoms with Crippen LogP contribution in [0.15, 0.2) is 0 Å². The molecule has 19 heavy (non-hydrogen) atoms. The maximum Gasteiger partial charge on any atom is 0.325 e. The second-order valence-corrected chi connectivity index (χ2v) is 7.68. The monoisotopic (exact) mass is 292 g/mol. The van der Waals surface area contributed by atoms with Crippen LogP contribution in [0, 0.1) is 0 Å². The summed E-state index contributed by atoms with van der Waals surface area (Å²) in [5, 5.41) is 0. The lowest BCUT2D eigenvalue weighted by Crippen LogP contribution is -2.53. The highest BCUT2D eigenvalue weighted by atomic mass is 32.2. The van der Waals surface area contributed by atoms with Crippen LogP contribution in [0.4, 0.5) is 0 Å². The Morgan fingerprint density at radius 3 is 2.42 bits per heavy atom. The maximum atomic E-state index is 11.7. The first-order valence-electron chi connectivity index (χ1n) is 6.58. The minimum absolute atomic E-state index is 0.0508. The van der Waals surface area contributed by atoms with Crippen molar-refractivity contribution in [1.29, 1.82) is 0 Å². The molecule has 6 nitrogen and oxygen atoms in total. The summed E-state index contributed by atoms with van der Waals surface area (Å²) in [5.41, 5.74) is 4.95. The van der Waals surface area contributed by atoms with E-state index in [0.29, 0.717) is 26.1 Å². The molecule has 1 aliphatic heterocycles. The van der Waals surface area contributed by atoms with Crippen LogP contribution in [0.2, 0.25) is 0 Å². The fourth-order valence-corrected chi connectivity index (χ4v) is 3.52. The van der Waals surface area contributed by atoms with E-state index >= 15 is 0 Å². The Labute approximate surface area is 115 Å². The number of ether oxygens (including phenoxy) is 1. The molecule has 0 radical (unpaired) electrons. The molecule has 0 amide bonds. The average Bonchev–Trinajstić information content (AvgIpc) is 2.28. The smallest absolute Gasteiger partial charge is 0.325 e. The Morgan fingerprint density at radius 2 is 1.95 bits per heavy atom. The van der Waals surface area contributed by atoms with Crippen molar-refractivity contribution in [3.8, 4) is 0 Å². The molecule has 0 aromatic heterocycles. The number of nitrogens with zero attached hydrogens (tertiary/aromatic N) is 1. The van der Waals surface area contributed by atoms with Gasteiger partial charge in [-0.1, -0.05) is 0 Å². The average molecular weight is 292 g/mol. The largest absolute Gasteiger partial charge is 0.465 e. The minimum Gasteiger partial charge on any atom is -0.465 e. The molecule has 1 fully saturated rings. The van der Waals surface area contributed by atoms with Crippen molar-refractivity contribution in [2.75, 3.05) is 31.2 Å². The SMILES string of the molecule is CCOC(=O)C(C)(N)CC(C)N1CCS(=O)(=O)CC1. The van der Waals surface area contributed by atoms with Gasteiger partial charge in [-0.05, 0) is 27.2 Å². The molecule has 2 unspecified atom stereocenters. The molecule has 1 rings (SSSR count). The molecule has 0 aromatic carbocycles. The van der Waals surface area contributed by atoms with Gasteiger partial charge in [-0.2, -0.15) is 0 Å². The summed E-state index contributed by atoms with van der Waals surface area (Å²) in [4.78, 5) is 13.8. The molecule has 112 valence electrons. The zero-order valence-corrected chi connectivity index (χ0v) is 12.7. The second-order valence-electron chi connectivity index (χ2n) is 5.38. The van der Waals surface area contributed by atoms with Gasteiger partial charge in [-0.3, -0.25) is 9.69 Å². The van der Waals surface area contributed by atoms with Crippen molar-refractivity contribution in [2.45, 2.75) is 38.8 Å². The van der Waals surface area contributed by atoms with Gasteiger partial charge in [-0.25, -0.2) is 8.42 Å². The summed E-state index contributed by atoms with van der Waals surface area (Å²) in [6.45, 7) is 6.67. The fourth-order valence-electron chi connectivity index (χ4n) is 2.29. The molecule has 1 heterocycles. The molecule has 0 spiro atoms. The van der Waals surface area contributed by atoms with Crippen LogP contribution in [0.25, 0.3) is 0 Å². The number of esters is 1. The molecule has 1 aliphatic rings. The number of rotatable bonds is 5. The quantitative estimate of drug-likeness (QED) is 0.704. The Morgan fingerprint density at radius 1 is 1.42 bits per heavy atom. The van der Waals surface area contributed by atoms with Gasteiger partial charge in [-0.15, -0.1) is 0 Å². The number of carbonyl (C=O) groups excluding carboxylic acids is 1. The second kappa shape index (κ2) is 6.19. The van der Waals surface area contributed by atoms with E-state index in [0.717, 1.165) is 0 Å². The zero-order chi connectivity index (χ0) is 14.7. The first-order chi connectivity index (χ1) is 8.68. The van der Waals surface area contributed by atoms with Crippen LogP contribution in [-0.2, 0) is 19.4 Å². The predicted octanol–water partition coefficient (Wildman–Crippen LogP) is -0.224. The third kappa shape index (κ3) is 4.74. The number of sulfone groups is 1. The van der Waals surface area contributed by atoms with Gasteiger partial charge < -0.3 is 10.5 Å². The molecule has 7 heteroatoms. The van der Waals surface area contributed by atoms with Crippen LogP contribution in [-0.4, -0.2) is 62.1 Å². The summed E-state index contributed by atoms with van der Waals surface area (Å²) < 4.78 is 27.7. The van der Waals surface area contributed by atoms with E-state index in [4.69, 9.17) is 10.5 Å². The van der Waals surface area contributed by atoms with Crippen LogP contribution < -0.4 is 5.73 Å². The van der Waals surface area contributed by atoms with Crippen molar-refractivity contribution in [3.63, 3.8) is 0 Å². The third-order valence-corrected chi connectivity index (χ3v) is 5.07. The first kappa shape index (κ1) is 16.4. The van der Waals surface area contributed by atoms with Crippen molar-refractivity contribution in [2.24, 2.45) is 5.73 Å². The van der Waals surface area contributed by atoms with Crippen LogP contribution in [0.3, 0.4) is 0 Å². The van der Waals surface area contributed by atoms with E-state index in [-0.39, 0.29) is 17.5 Å². The highest BCUT2D eigenvalue weighted by Gasteiger charge is 2.34. The Kier molecular flexibility index (Phi) is 5.34. The highest BCUT2D eigenvalue weighted by molar-refractivity contribution is 7.91. The number of carbonyl (C=O) groups is 1. The molecule has 0 saturated carbocycles. The van der Waals surface area contributed by atoms with Crippen LogP contribution in [0.5, 0.6) is 0 Å². The van der Waals surface area contributed by atoms with Crippen LogP contribution >= 0.6 is 0 Å². The van der Waals surface area contributed by atoms with Gasteiger partial charge in [0.25, 0.3) is 0 Å². The third-order valence-electron chi connectivity index (χ3n) is 3.46. The summed E-state index contributed by atoms with van der Waals surface area (Å²) in [6, 6.07) is 0.0508. The summed E-state index contributed by atoms with van der Waals surface area (Å²) >= 11 is 0. The van der Waals surface area contributed by atoms with E-state index in [2.05, 4.69) is 4.90 Å². The maximum absolute atomic E-state index is 11.7. The van der Waals surface area contributed by atoms with Crippen molar-refractivity contribution in [1.82, 2.24) is 4.90 Å². The summed E-state index contributed by atoms with van der Waals surface area (Å²) in [5.74, 6) is -0.0535. The fraction of sp³-hybridized carbons (Fsp3) is 0.917. The number of nitrogens with two attached hydrogens (primary N) is 1. The summed E-state index contributed by atoms with van der Waals surface area (Å²) in [6.07, 6.45) is 0.450. The van der Waals surface area contributed by atoms with Gasteiger partial charge in [0.2, 0.25) is 0 Å². The normalized spacial score (nSPS) is 24.4. The van der Waals surface area contributed by atoms with E-state index < -0.39 is 21.3 Å². The van der Waals surface area contributed by atoms with Gasteiger partial charge in [0, 0.05) is 19.1 Å². The van der Waals surface area contributed by atoms with E-state index in [1.807, 2.05) is 6.92 Å². The standard InChI is InChI=1S/C12H24N2O4S/c1-4-18-11(15)12(3,13)9-10(2)14-5-7-19(16,17)8-6-14/h10H,4-9,13H2,1-3H3. The molecule has 2 atom stereocenters. The van der Waals surface area contributed by atoms with Gasteiger partial charge in [0.05, 0.1) is 18.1 Å². The van der Waals surface area contributed by atoms with Gasteiger partial charge in [0.1, 0.15) is 5.54 Å². The topological polar surface area (TPSA) is 89.7 Å². The van der Waals surface area contributed by atoms with E-state index in [9.17, 15) is 13.2 Å². The van der Waals surface area contributed by atoms with Gasteiger partial charge >= 0.3 is 5.97 Å². The van der Waals surface area contributed by atoms with Crippen molar-refractivity contribution in [3.05, 3.63) is 0 Å². The molecule has 0 bridgehead atoms. The Balaban J connectivity index is 2.55. The van der Waals surface area contributed by atoms with Crippen molar-refractivity contribution < 1.29 is 17.9 Å². The number of hydrogen-bond donors (Lipinski definition) is 1. The highest BCUT2D eigenvalue weighted by Crippen LogP contribution is 2.17.